The number of Topliss-reactive ketones (excluding diaryl/α,β-unsaturated/α-hetero) is 1. The molecule has 0 spiro atoms. The second-order valence-corrected chi connectivity index (χ2v) is 4.51. The third-order valence-corrected chi connectivity index (χ3v) is 3.23. The summed E-state index contributed by atoms with van der Waals surface area (Å²) < 4.78 is 0.733. The standard InChI is InChI=1S/C14H11BrO2/c15-12-9-5-4-8-11(12)14(17)13(16)10-6-2-1-3-7-10/h1-9,14,17H/t14-/m0/s1. The molecule has 17 heavy (non-hydrogen) atoms. The van der Waals surface area contributed by atoms with Gasteiger partial charge in [0.15, 0.2) is 5.78 Å². The van der Waals surface area contributed by atoms with Gasteiger partial charge in [-0.1, -0.05) is 64.5 Å². The fourth-order valence-electron chi connectivity index (χ4n) is 1.60. The number of benzene rings is 2. The maximum absolute atomic E-state index is 12.0. The molecule has 0 fully saturated rings. The van der Waals surface area contributed by atoms with Crippen molar-refractivity contribution >= 4 is 21.7 Å². The molecule has 2 aromatic carbocycles. The molecule has 0 radical (unpaired) electrons. The van der Waals surface area contributed by atoms with Gasteiger partial charge in [0.1, 0.15) is 6.10 Å². The Morgan fingerprint density at radius 2 is 1.59 bits per heavy atom. The summed E-state index contributed by atoms with van der Waals surface area (Å²) in [6.07, 6.45) is -1.13. The first-order chi connectivity index (χ1) is 8.20. The van der Waals surface area contributed by atoms with Crippen molar-refractivity contribution in [1.82, 2.24) is 0 Å². The summed E-state index contributed by atoms with van der Waals surface area (Å²) in [6, 6.07) is 16.0. The van der Waals surface area contributed by atoms with Crippen LogP contribution in [0.1, 0.15) is 22.0 Å². The molecule has 2 nitrogen and oxygen atoms in total. The zero-order valence-electron chi connectivity index (χ0n) is 9.01. The highest BCUT2D eigenvalue weighted by atomic mass is 79.9. The van der Waals surface area contributed by atoms with Gasteiger partial charge in [-0.2, -0.15) is 0 Å². The Balaban J connectivity index is 2.30. The van der Waals surface area contributed by atoms with Crippen molar-refractivity contribution in [2.24, 2.45) is 0 Å². The molecule has 0 bridgehead atoms. The van der Waals surface area contributed by atoms with Crippen LogP contribution in [0.4, 0.5) is 0 Å². The fraction of sp³-hybridized carbons (Fsp3) is 0.0714. The smallest absolute Gasteiger partial charge is 0.195 e. The Bertz CT molecular complexity index is 523. The van der Waals surface area contributed by atoms with Gasteiger partial charge in [0, 0.05) is 15.6 Å². The van der Waals surface area contributed by atoms with E-state index in [0.29, 0.717) is 11.1 Å². The van der Waals surface area contributed by atoms with Crippen LogP contribution in [0.2, 0.25) is 0 Å². The van der Waals surface area contributed by atoms with Crippen LogP contribution in [-0.2, 0) is 0 Å². The topological polar surface area (TPSA) is 37.3 Å². The normalized spacial score (nSPS) is 12.1. The molecular formula is C14H11BrO2. The van der Waals surface area contributed by atoms with E-state index in [9.17, 15) is 9.90 Å². The van der Waals surface area contributed by atoms with E-state index < -0.39 is 6.10 Å². The van der Waals surface area contributed by atoms with Gasteiger partial charge < -0.3 is 5.11 Å². The highest BCUT2D eigenvalue weighted by Crippen LogP contribution is 2.25. The number of hydrogen-bond donors (Lipinski definition) is 1. The Hall–Kier alpha value is -1.45. The van der Waals surface area contributed by atoms with E-state index in [2.05, 4.69) is 15.9 Å². The van der Waals surface area contributed by atoms with Crippen LogP contribution in [0.15, 0.2) is 59.1 Å². The van der Waals surface area contributed by atoms with E-state index in [1.807, 2.05) is 12.1 Å². The van der Waals surface area contributed by atoms with Crippen LogP contribution in [0.3, 0.4) is 0 Å². The Morgan fingerprint density at radius 1 is 1.00 bits per heavy atom. The number of rotatable bonds is 3. The first-order valence-electron chi connectivity index (χ1n) is 5.22. The lowest BCUT2D eigenvalue weighted by atomic mass is 10.0. The van der Waals surface area contributed by atoms with Gasteiger partial charge in [-0.3, -0.25) is 4.79 Å². The van der Waals surface area contributed by atoms with E-state index in [0.717, 1.165) is 4.47 Å². The highest BCUT2D eigenvalue weighted by molar-refractivity contribution is 9.10. The number of carbonyl (C=O) groups is 1. The first kappa shape index (κ1) is 12.0. The zero-order valence-corrected chi connectivity index (χ0v) is 10.6. The molecule has 0 unspecified atom stereocenters. The third-order valence-electron chi connectivity index (χ3n) is 2.51. The molecule has 0 saturated heterocycles. The lowest BCUT2D eigenvalue weighted by Gasteiger charge is -2.11. The molecule has 2 aromatic rings. The van der Waals surface area contributed by atoms with Crippen molar-refractivity contribution in [1.29, 1.82) is 0 Å². The molecule has 0 aliphatic heterocycles. The maximum Gasteiger partial charge on any atom is 0.195 e. The van der Waals surface area contributed by atoms with Crippen molar-refractivity contribution in [3.8, 4) is 0 Å². The lowest BCUT2D eigenvalue weighted by molar-refractivity contribution is 0.0746. The summed E-state index contributed by atoms with van der Waals surface area (Å²) in [7, 11) is 0. The maximum atomic E-state index is 12.0. The fourth-order valence-corrected chi connectivity index (χ4v) is 2.10. The van der Waals surface area contributed by atoms with Crippen LogP contribution < -0.4 is 0 Å². The summed E-state index contributed by atoms with van der Waals surface area (Å²) >= 11 is 3.33. The van der Waals surface area contributed by atoms with Crippen LogP contribution in [0.5, 0.6) is 0 Å². The number of hydrogen-bond acceptors (Lipinski definition) is 2. The van der Waals surface area contributed by atoms with Crippen LogP contribution >= 0.6 is 15.9 Å². The average Bonchev–Trinajstić information content (AvgIpc) is 2.39. The van der Waals surface area contributed by atoms with Crippen molar-refractivity contribution in [3.63, 3.8) is 0 Å². The quantitative estimate of drug-likeness (QED) is 0.880. The van der Waals surface area contributed by atoms with Crippen molar-refractivity contribution in [2.45, 2.75) is 6.10 Å². The lowest BCUT2D eigenvalue weighted by Crippen LogP contribution is -2.12. The Kier molecular flexibility index (Phi) is 3.71. The van der Waals surface area contributed by atoms with E-state index in [1.165, 1.54) is 0 Å². The van der Waals surface area contributed by atoms with Crippen LogP contribution in [-0.4, -0.2) is 10.9 Å². The first-order valence-corrected chi connectivity index (χ1v) is 6.01. The molecule has 0 aliphatic carbocycles. The SMILES string of the molecule is O=C(c1ccccc1)[C@@H](O)c1ccccc1Br. The largest absolute Gasteiger partial charge is 0.380 e. The number of carbonyl (C=O) groups excluding carboxylic acids is 1. The number of halogens is 1. The third kappa shape index (κ3) is 2.62. The Morgan fingerprint density at radius 3 is 2.24 bits per heavy atom. The van der Waals surface area contributed by atoms with Gasteiger partial charge in [0.25, 0.3) is 0 Å². The summed E-state index contributed by atoms with van der Waals surface area (Å²) in [5, 5.41) is 10.0. The van der Waals surface area contributed by atoms with Gasteiger partial charge in [0.2, 0.25) is 0 Å². The molecule has 2 rings (SSSR count). The van der Waals surface area contributed by atoms with Gasteiger partial charge >= 0.3 is 0 Å². The minimum atomic E-state index is -1.13. The highest BCUT2D eigenvalue weighted by Gasteiger charge is 2.20. The molecule has 1 atom stereocenters. The molecule has 86 valence electrons. The second kappa shape index (κ2) is 5.25. The van der Waals surface area contributed by atoms with E-state index in [1.54, 1.807) is 42.5 Å². The number of aliphatic hydroxyl groups is 1. The van der Waals surface area contributed by atoms with Gasteiger partial charge in [0.05, 0.1) is 0 Å². The molecule has 0 aromatic heterocycles. The van der Waals surface area contributed by atoms with Gasteiger partial charge in [-0.05, 0) is 6.07 Å². The molecule has 3 heteroatoms. The van der Waals surface area contributed by atoms with Crippen molar-refractivity contribution in [2.75, 3.05) is 0 Å². The summed E-state index contributed by atoms with van der Waals surface area (Å²) in [4.78, 5) is 12.0. The molecule has 0 heterocycles. The molecule has 0 saturated carbocycles. The molecule has 0 aliphatic rings. The van der Waals surface area contributed by atoms with Crippen LogP contribution in [0, 0.1) is 0 Å². The predicted molar refractivity (Wildman–Crippen MR) is 69.9 cm³/mol. The van der Waals surface area contributed by atoms with Crippen molar-refractivity contribution in [3.05, 3.63) is 70.2 Å². The van der Waals surface area contributed by atoms with Crippen LogP contribution in [0.25, 0.3) is 0 Å². The molecule has 1 N–H and O–H groups in total. The monoisotopic (exact) mass is 290 g/mol. The number of aliphatic hydroxyl groups excluding tert-OH is 1. The minimum absolute atomic E-state index is 0.294. The molecule has 0 amide bonds. The second-order valence-electron chi connectivity index (χ2n) is 3.65. The average molecular weight is 291 g/mol. The summed E-state index contributed by atoms with van der Waals surface area (Å²) in [5.41, 5.74) is 1.09. The zero-order chi connectivity index (χ0) is 12.3. The summed E-state index contributed by atoms with van der Waals surface area (Å²) in [5.74, 6) is -0.294. The van der Waals surface area contributed by atoms with Crippen molar-refractivity contribution < 1.29 is 9.90 Å². The van der Waals surface area contributed by atoms with Gasteiger partial charge in [-0.15, -0.1) is 0 Å². The predicted octanol–water partition coefficient (Wildman–Crippen LogP) is 3.37. The van der Waals surface area contributed by atoms with E-state index in [4.69, 9.17) is 0 Å². The number of ketones is 1. The van der Waals surface area contributed by atoms with E-state index >= 15 is 0 Å². The molecular weight excluding hydrogens is 280 g/mol. The Labute approximate surface area is 108 Å². The van der Waals surface area contributed by atoms with Gasteiger partial charge in [-0.25, -0.2) is 0 Å². The summed E-state index contributed by atoms with van der Waals surface area (Å²) in [6.45, 7) is 0. The van der Waals surface area contributed by atoms with E-state index in [-0.39, 0.29) is 5.78 Å². The minimum Gasteiger partial charge on any atom is -0.380 e.